The first-order valence-corrected chi connectivity index (χ1v) is 10.0. The first-order valence-electron chi connectivity index (χ1n) is 10.0. The lowest BCUT2D eigenvalue weighted by Crippen LogP contribution is -2.46. The van der Waals surface area contributed by atoms with E-state index in [-0.39, 0.29) is 6.42 Å². The maximum Gasteiger partial charge on any atom is 0.303 e. The Morgan fingerprint density at radius 1 is 1.00 bits per heavy atom. The van der Waals surface area contributed by atoms with Crippen LogP contribution in [0, 0.1) is 0 Å². The smallest absolute Gasteiger partial charge is 0.303 e. The van der Waals surface area contributed by atoms with Crippen LogP contribution in [0.5, 0.6) is 0 Å². The largest absolute Gasteiger partial charge is 0.481 e. The first-order chi connectivity index (χ1) is 13.2. The van der Waals surface area contributed by atoms with Gasteiger partial charge in [-0.05, 0) is 55.4 Å². The SMILES string of the molecule is O=C(O)CCc1cccc(NC2CC3CCC(C2)N3Cc2ccccc2)c1. The zero-order chi connectivity index (χ0) is 18.6. The van der Waals surface area contributed by atoms with E-state index in [2.05, 4.69) is 52.7 Å². The number of nitrogens with zero attached hydrogens (tertiary/aromatic N) is 1. The number of fused-ring (bicyclic) bond motifs is 2. The minimum Gasteiger partial charge on any atom is -0.481 e. The van der Waals surface area contributed by atoms with Crippen molar-refractivity contribution in [3.05, 3.63) is 65.7 Å². The Bertz CT molecular complexity index is 763. The molecule has 4 heteroatoms. The van der Waals surface area contributed by atoms with Crippen LogP contribution in [0.2, 0.25) is 0 Å². The molecule has 0 radical (unpaired) electrons. The Labute approximate surface area is 161 Å². The van der Waals surface area contributed by atoms with Gasteiger partial charge in [0.15, 0.2) is 0 Å². The standard InChI is InChI=1S/C23H28N2O2/c26-23(27)12-9-17-7-4-8-19(13-17)24-20-14-21-10-11-22(15-20)25(21)16-18-5-2-1-3-6-18/h1-8,13,20-22,24H,9-12,14-16H2,(H,26,27). The van der Waals surface area contributed by atoms with E-state index in [4.69, 9.17) is 5.11 Å². The van der Waals surface area contributed by atoms with Crippen LogP contribution < -0.4 is 5.32 Å². The van der Waals surface area contributed by atoms with Crippen molar-refractivity contribution in [3.8, 4) is 0 Å². The number of hydrogen-bond donors (Lipinski definition) is 2. The Hall–Kier alpha value is -2.33. The number of carboxylic acid groups (broad SMARTS) is 1. The summed E-state index contributed by atoms with van der Waals surface area (Å²) in [5.41, 5.74) is 3.62. The number of aliphatic carboxylic acids is 1. The molecule has 27 heavy (non-hydrogen) atoms. The average molecular weight is 364 g/mol. The highest BCUT2D eigenvalue weighted by molar-refractivity contribution is 5.67. The van der Waals surface area contributed by atoms with Crippen molar-refractivity contribution in [2.75, 3.05) is 5.32 Å². The van der Waals surface area contributed by atoms with Crippen molar-refractivity contribution in [2.24, 2.45) is 0 Å². The normalized spacial score (nSPS) is 24.7. The van der Waals surface area contributed by atoms with Crippen LogP contribution in [-0.4, -0.2) is 34.1 Å². The van der Waals surface area contributed by atoms with Gasteiger partial charge in [0, 0.05) is 36.8 Å². The number of nitrogens with one attached hydrogen (secondary N) is 1. The second kappa shape index (κ2) is 8.13. The molecule has 2 fully saturated rings. The summed E-state index contributed by atoms with van der Waals surface area (Å²) in [5, 5.41) is 12.6. The molecular formula is C23H28N2O2. The summed E-state index contributed by atoms with van der Waals surface area (Å²) in [7, 11) is 0. The summed E-state index contributed by atoms with van der Waals surface area (Å²) in [6, 6.07) is 20.9. The number of benzene rings is 2. The van der Waals surface area contributed by atoms with Gasteiger partial charge in [-0.1, -0.05) is 42.5 Å². The monoisotopic (exact) mass is 364 g/mol. The molecule has 2 aliphatic heterocycles. The van der Waals surface area contributed by atoms with Gasteiger partial charge in [0.2, 0.25) is 0 Å². The molecule has 0 aliphatic carbocycles. The Morgan fingerprint density at radius 2 is 1.70 bits per heavy atom. The molecule has 4 nitrogen and oxygen atoms in total. The second-order valence-corrected chi connectivity index (χ2v) is 7.95. The number of hydrogen-bond acceptors (Lipinski definition) is 3. The Balaban J connectivity index is 1.36. The van der Waals surface area contributed by atoms with E-state index < -0.39 is 5.97 Å². The fraction of sp³-hybridized carbons (Fsp3) is 0.435. The molecule has 2 aromatic carbocycles. The van der Waals surface area contributed by atoms with Crippen LogP contribution in [0.1, 0.15) is 43.2 Å². The number of aryl methyl sites for hydroxylation is 1. The van der Waals surface area contributed by atoms with Crippen molar-refractivity contribution in [3.63, 3.8) is 0 Å². The summed E-state index contributed by atoms with van der Waals surface area (Å²) >= 11 is 0. The van der Waals surface area contributed by atoms with Crippen LogP contribution in [0.15, 0.2) is 54.6 Å². The fourth-order valence-corrected chi connectivity index (χ4v) is 4.75. The van der Waals surface area contributed by atoms with Crippen LogP contribution in [0.3, 0.4) is 0 Å². The minimum absolute atomic E-state index is 0.186. The zero-order valence-electron chi connectivity index (χ0n) is 15.7. The van der Waals surface area contributed by atoms with Gasteiger partial charge >= 0.3 is 5.97 Å². The third-order valence-corrected chi connectivity index (χ3v) is 6.02. The van der Waals surface area contributed by atoms with Gasteiger partial charge in [-0.25, -0.2) is 0 Å². The quantitative estimate of drug-likeness (QED) is 0.769. The number of piperidine rings is 1. The maximum atomic E-state index is 10.8. The number of carboxylic acids is 1. The molecule has 2 aromatic rings. The Morgan fingerprint density at radius 3 is 2.41 bits per heavy atom. The molecule has 2 saturated heterocycles. The van der Waals surface area contributed by atoms with E-state index in [0.717, 1.165) is 17.8 Å². The van der Waals surface area contributed by atoms with Gasteiger partial charge in [0.1, 0.15) is 0 Å². The predicted octanol–water partition coefficient (Wildman–Crippen LogP) is 4.31. The zero-order valence-corrected chi connectivity index (χ0v) is 15.7. The molecule has 0 amide bonds. The summed E-state index contributed by atoms with van der Waals surface area (Å²) in [6.07, 6.45) is 5.74. The highest BCUT2D eigenvalue weighted by Crippen LogP contribution is 2.37. The Kier molecular flexibility index (Phi) is 5.44. The molecule has 2 N–H and O–H groups in total. The number of anilines is 1. The molecule has 0 saturated carbocycles. The van der Waals surface area contributed by atoms with Gasteiger partial charge in [-0.3, -0.25) is 9.69 Å². The van der Waals surface area contributed by atoms with Crippen molar-refractivity contribution in [1.82, 2.24) is 4.90 Å². The molecule has 4 rings (SSSR count). The lowest BCUT2D eigenvalue weighted by molar-refractivity contribution is -0.136. The van der Waals surface area contributed by atoms with Crippen LogP contribution >= 0.6 is 0 Å². The minimum atomic E-state index is -0.740. The van der Waals surface area contributed by atoms with Gasteiger partial charge in [-0.15, -0.1) is 0 Å². The van der Waals surface area contributed by atoms with E-state index in [1.54, 1.807) is 0 Å². The molecule has 2 heterocycles. The number of carbonyl (C=O) groups is 1. The summed E-state index contributed by atoms with van der Waals surface area (Å²) in [4.78, 5) is 13.5. The van der Waals surface area contributed by atoms with Gasteiger partial charge in [0.25, 0.3) is 0 Å². The fourth-order valence-electron chi connectivity index (χ4n) is 4.75. The van der Waals surface area contributed by atoms with E-state index in [1.165, 1.54) is 31.2 Å². The second-order valence-electron chi connectivity index (χ2n) is 7.95. The molecular weight excluding hydrogens is 336 g/mol. The van der Waals surface area contributed by atoms with Crippen molar-refractivity contribution < 1.29 is 9.90 Å². The molecule has 0 spiro atoms. The van der Waals surface area contributed by atoms with Crippen LogP contribution in [-0.2, 0) is 17.8 Å². The molecule has 2 bridgehead atoms. The van der Waals surface area contributed by atoms with E-state index in [1.807, 2.05) is 12.1 Å². The van der Waals surface area contributed by atoms with Crippen LogP contribution in [0.25, 0.3) is 0 Å². The van der Waals surface area contributed by atoms with E-state index >= 15 is 0 Å². The molecule has 0 aromatic heterocycles. The maximum absolute atomic E-state index is 10.8. The molecule has 2 unspecified atom stereocenters. The topological polar surface area (TPSA) is 52.6 Å². The van der Waals surface area contributed by atoms with Crippen molar-refractivity contribution >= 4 is 11.7 Å². The number of rotatable bonds is 7. The third kappa shape index (κ3) is 4.51. The van der Waals surface area contributed by atoms with Crippen molar-refractivity contribution in [1.29, 1.82) is 0 Å². The van der Waals surface area contributed by atoms with Crippen LogP contribution in [0.4, 0.5) is 5.69 Å². The molecule has 2 aliphatic rings. The van der Waals surface area contributed by atoms with E-state index in [0.29, 0.717) is 24.5 Å². The summed E-state index contributed by atoms with van der Waals surface area (Å²) in [5.74, 6) is -0.740. The third-order valence-electron chi connectivity index (χ3n) is 6.02. The molecule has 2 atom stereocenters. The lowest BCUT2D eigenvalue weighted by atomic mass is 9.96. The highest BCUT2D eigenvalue weighted by atomic mass is 16.4. The van der Waals surface area contributed by atoms with Gasteiger partial charge < -0.3 is 10.4 Å². The lowest BCUT2D eigenvalue weighted by Gasteiger charge is -2.39. The van der Waals surface area contributed by atoms with Gasteiger partial charge in [-0.2, -0.15) is 0 Å². The molecule has 142 valence electrons. The predicted molar refractivity (Wildman–Crippen MR) is 108 cm³/mol. The van der Waals surface area contributed by atoms with E-state index in [9.17, 15) is 4.79 Å². The van der Waals surface area contributed by atoms with Crippen molar-refractivity contribution in [2.45, 2.75) is 63.2 Å². The highest BCUT2D eigenvalue weighted by Gasteiger charge is 2.40. The van der Waals surface area contributed by atoms with Gasteiger partial charge in [0.05, 0.1) is 0 Å². The summed E-state index contributed by atoms with van der Waals surface area (Å²) in [6.45, 7) is 1.06. The first kappa shape index (κ1) is 18.1. The summed E-state index contributed by atoms with van der Waals surface area (Å²) < 4.78 is 0. The average Bonchev–Trinajstić information content (AvgIpc) is 2.90.